The van der Waals surface area contributed by atoms with Gasteiger partial charge in [-0.1, -0.05) is 30.3 Å². The molecule has 0 spiro atoms. The zero-order valence-electron chi connectivity index (χ0n) is 11.8. The van der Waals surface area contributed by atoms with Crippen LogP contribution in [0.4, 0.5) is 0 Å². The lowest BCUT2D eigenvalue weighted by molar-refractivity contribution is 0.798. The molecule has 0 amide bonds. The normalized spacial score (nSPS) is 11.8. The molecule has 0 fully saturated rings. The maximum absolute atomic E-state index is 4.53. The van der Waals surface area contributed by atoms with Gasteiger partial charge in [-0.15, -0.1) is 11.3 Å². The van der Waals surface area contributed by atoms with Gasteiger partial charge in [0.1, 0.15) is 0 Å². The Morgan fingerprint density at radius 2 is 2.05 bits per heavy atom. The molecule has 0 saturated carbocycles. The lowest BCUT2D eigenvalue weighted by Crippen LogP contribution is -2.36. The van der Waals surface area contributed by atoms with Crippen molar-refractivity contribution < 1.29 is 0 Å². The summed E-state index contributed by atoms with van der Waals surface area (Å²) in [6.45, 7) is 1.40. The number of hydrogen-bond acceptors (Lipinski definition) is 3. The van der Waals surface area contributed by atoms with Gasteiger partial charge in [-0.25, -0.2) is 4.98 Å². The van der Waals surface area contributed by atoms with E-state index in [0.29, 0.717) is 6.54 Å². The van der Waals surface area contributed by atoms with Crippen LogP contribution in [0, 0.1) is 0 Å². The van der Waals surface area contributed by atoms with Crippen LogP contribution in [-0.2, 0) is 13.1 Å². The van der Waals surface area contributed by atoms with Crippen LogP contribution < -0.4 is 10.6 Å². The van der Waals surface area contributed by atoms with E-state index in [9.17, 15) is 0 Å². The van der Waals surface area contributed by atoms with Crippen LogP contribution >= 0.6 is 11.3 Å². The molecule has 3 rings (SSSR count). The Morgan fingerprint density at radius 1 is 1.24 bits per heavy atom. The molecule has 108 valence electrons. The van der Waals surface area contributed by atoms with E-state index in [1.165, 1.54) is 5.56 Å². The summed E-state index contributed by atoms with van der Waals surface area (Å²) in [5.74, 6) is 0.773. The van der Waals surface area contributed by atoms with Gasteiger partial charge in [0.25, 0.3) is 0 Å². The molecule has 6 heteroatoms. The van der Waals surface area contributed by atoms with E-state index in [1.807, 2.05) is 40.4 Å². The molecule has 2 aromatic heterocycles. The second kappa shape index (κ2) is 6.41. The zero-order chi connectivity index (χ0) is 14.5. The summed E-state index contributed by atoms with van der Waals surface area (Å²) in [4.78, 5) is 9.77. The van der Waals surface area contributed by atoms with E-state index in [1.54, 1.807) is 18.4 Å². The molecule has 3 aromatic rings. The molecule has 0 bridgehead atoms. The van der Waals surface area contributed by atoms with E-state index in [0.717, 1.165) is 23.2 Å². The number of imidazole rings is 1. The quantitative estimate of drug-likeness (QED) is 0.574. The highest BCUT2D eigenvalue weighted by atomic mass is 32.1. The molecule has 0 saturated heterocycles. The second-order valence-electron chi connectivity index (χ2n) is 4.59. The minimum absolute atomic E-state index is 0.656. The Kier molecular flexibility index (Phi) is 4.16. The topological polar surface area (TPSA) is 53.7 Å². The predicted octanol–water partition coefficient (Wildman–Crippen LogP) is 2.26. The first-order valence-corrected chi connectivity index (χ1v) is 7.62. The molecule has 1 aromatic carbocycles. The monoisotopic (exact) mass is 299 g/mol. The van der Waals surface area contributed by atoms with Crippen LogP contribution in [0.1, 0.15) is 11.3 Å². The largest absolute Gasteiger partial charge is 0.352 e. The van der Waals surface area contributed by atoms with Crippen molar-refractivity contribution in [3.05, 3.63) is 59.4 Å². The van der Waals surface area contributed by atoms with Gasteiger partial charge in [0.15, 0.2) is 10.9 Å². The zero-order valence-corrected chi connectivity index (χ0v) is 12.6. The third kappa shape index (κ3) is 3.41. The fraction of sp³-hybridized carbons (Fsp3) is 0.200. The van der Waals surface area contributed by atoms with Crippen molar-refractivity contribution in [1.82, 2.24) is 20.0 Å². The maximum atomic E-state index is 4.53. The van der Waals surface area contributed by atoms with Gasteiger partial charge in [-0.05, 0) is 5.56 Å². The molecule has 2 N–H and O–H groups in total. The van der Waals surface area contributed by atoms with Crippen molar-refractivity contribution in [2.75, 3.05) is 7.05 Å². The van der Waals surface area contributed by atoms with Crippen molar-refractivity contribution in [2.45, 2.75) is 13.1 Å². The number of thiazole rings is 1. The highest BCUT2D eigenvalue weighted by Gasteiger charge is 2.03. The number of nitrogens with one attached hydrogen (secondary N) is 2. The standard InChI is InChI=1S/C15H17N5S/c1-16-14(17-9-12-5-3-2-4-6-12)18-10-13-11-20-7-8-21-15(20)19-13/h2-8,11H,9-10H2,1H3,(H2,16,17,18). The summed E-state index contributed by atoms with van der Waals surface area (Å²) in [5, 5.41) is 8.59. The number of benzene rings is 1. The van der Waals surface area contributed by atoms with E-state index >= 15 is 0 Å². The molecule has 0 unspecified atom stereocenters. The first kappa shape index (κ1) is 13.6. The maximum Gasteiger partial charge on any atom is 0.193 e. The van der Waals surface area contributed by atoms with Gasteiger partial charge in [0.2, 0.25) is 0 Å². The van der Waals surface area contributed by atoms with Crippen molar-refractivity contribution >= 4 is 22.3 Å². The van der Waals surface area contributed by atoms with E-state index < -0.39 is 0 Å². The Labute approximate surface area is 127 Å². The summed E-state index contributed by atoms with van der Waals surface area (Å²) in [6.07, 6.45) is 4.04. The average Bonchev–Trinajstić information content (AvgIpc) is 3.10. The minimum atomic E-state index is 0.656. The smallest absolute Gasteiger partial charge is 0.193 e. The molecule has 0 aliphatic rings. The lowest BCUT2D eigenvalue weighted by atomic mass is 10.2. The molecule has 5 nitrogen and oxygen atoms in total. The molecule has 0 aliphatic carbocycles. The number of hydrogen-bond donors (Lipinski definition) is 2. The van der Waals surface area contributed by atoms with Crippen LogP contribution in [0.5, 0.6) is 0 Å². The number of aliphatic imine (C=N–C) groups is 1. The van der Waals surface area contributed by atoms with Gasteiger partial charge in [-0.2, -0.15) is 0 Å². The summed E-state index contributed by atoms with van der Waals surface area (Å²) in [5.41, 5.74) is 2.23. The predicted molar refractivity (Wildman–Crippen MR) is 86.5 cm³/mol. The van der Waals surface area contributed by atoms with Gasteiger partial charge in [0, 0.05) is 31.4 Å². The minimum Gasteiger partial charge on any atom is -0.352 e. The van der Waals surface area contributed by atoms with Crippen molar-refractivity contribution in [3.8, 4) is 0 Å². The number of rotatable bonds is 4. The summed E-state index contributed by atoms with van der Waals surface area (Å²) in [6, 6.07) is 10.3. The Balaban J connectivity index is 1.54. The Morgan fingerprint density at radius 3 is 2.81 bits per heavy atom. The number of aromatic nitrogens is 2. The SMILES string of the molecule is CN=C(NCc1ccccc1)NCc1cn2ccsc2n1. The lowest BCUT2D eigenvalue weighted by Gasteiger charge is -2.10. The third-order valence-electron chi connectivity index (χ3n) is 3.11. The van der Waals surface area contributed by atoms with Crippen LogP contribution in [0.3, 0.4) is 0 Å². The highest BCUT2D eigenvalue weighted by Crippen LogP contribution is 2.10. The summed E-state index contributed by atoms with van der Waals surface area (Å²) in [7, 11) is 1.77. The molecule has 0 atom stereocenters. The molecule has 21 heavy (non-hydrogen) atoms. The van der Waals surface area contributed by atoms with Crippen molar-refractivity contribution in [2.24, 2.45) is 4.99 Å². The number of guanidine groups is 1. The second-order valence-corrected chi connectivity index (χ2v) is 5.46. The van der Waals surface area contributed by atoms with E-state index in [4.69, 9.17) is 0 Å². The number of fused-ring (bicyclic) bond motifs is 1. The highest BCUT2D eigenvalue weighted by molar-refractivity contribution is 7.15. The van der Waals surface area contributed by atoms with Crippen LogP contribution in [0.15, 0.2) is 53.1 Å². The summed E-state index contributed by atoms with van der Waals surface area (Å²) >= 11 is 1.63. The van der Waals surface area contributed by atoms with Gasteiger partial charge in [-0.3, -0.25) is 9.39 Å². The van der Waals surface area contributed by atoms with Crippen molar-refractivity contribution in [1.29, 1.82) is 0 Å². The summed E-state index contributed by atoms with van der Waals surface area (Å²) < 4.78 is 2.03. The average molecular weight is 299 g/mol. The fourth-order valence-electron chi connectivity index (χ4n) is 2.04. The Bertz CT molecular complexity index is 700. The fourth-order valence-corrected chi connectivity index (χ4v) is 2.76. The number of nitrogens with zero attached hydrogens (tertiary/aromatic N) is 3. The van der Waals surface area contributed by atoms with Crippen LogP contribution in [0.25, 0.3) is 4.96 Å². The molecular weight excluding hydrogens is 282 g/mol. The first-order chi connectivity index (χ1) is 10.3. The van der Waals surface area contributed by atoms with E-state index in [2.05, 4.69) is 32.7 Å². The molecular formula is C15H17N5S. The van der Waals surface area contributed by atoms with E-state index in [-0.39, 0.29) is 0 Å². The molecule has 0 aliphatic heterocycles. The van der Waals surface area contributed by atoms with Crippen molar-refractivity contribution in [3.63, 3.8) is 0 Å². The van der Waals surface area contributed by atoms with Crippen LogP contribution in [-0.4, -0.2) is 22.4 Å². The molecule has 2 heterocycles. The molecule has 0 radical (unpaired) electrons. The van der Waals surface area contributed by atoms with Gasteiger partial charge in [0.05, 0.1) is 12.2 Å². The third-order valence-corrected chi connectivity index (χ3v) is 3.88. The van der Waals surface area contributed by atoms with Gasteiger partial charge < -0.3 is 10.6 Å². The Hall–Kier alpha value is -2.34. The van der Waals surface area contributed by atoms with Gasteiger partial charge >= 0.3 is 0 Å². The van der Waals surface area contributed by atoms with Crippen LogP contribution in [0.2, 0.25) is 0 Å². The first-order valence-electron chi connectivity index (χ1n) is 6.74.